The highest BCUT2D eigenvalue weighted by molar-refractivity contribution is 4.78. The predicted molar refractivity (Wildman–Crippen MR) is 258 cm³/mol. The number of unbranched alkanes of at least 4 members (excludes halogenated alkanes) is 38. The molecule has 0 aromatic rings. The maximum atomic E-state index is 6.72. The van der Waals surface area contributed by atoms with Crippen LogP contribution in [0.25, 0.3) is 0 Å². The molecule has 2 aliphatic rings. The van der Waals surface area contributed by atoms with Crippen molar-refractivity contribution in [3.8, 4) is 0 Å². The third-order valence-corrected chi connectivity index (χ3v) is 14.9. The van der Waals surface area contributed by atoms with E-state index in [-0.39, 0.29) is 0 Å². The van der Waals surface area contributed by atoms with E-state index in [4.69, 9.17) is 4.74 Å². The van der Waals surface area contributed by atoms with Crippen LogP contribution in [0.3, 0.4) is 0 Å². The molecular formula is C56H110O. The lowest BCUT2D eigenvalue weighted by atomic mass is 9.82. The normalized spacial score (nSPS) is 20.1. The quantitative estimate of drug-likeness (QED) is 0.0558. The van der Waals surface area contributed by atoms with Crippen LogP contribution >= 0.6 is 0 Å². The van der Waals surface area contributed by atoms with E-state index in [2.05, 4.69) is 13.8 Å². The van der Waals surface area contributed by atoms with Gasteiger partial charge in [0.05, 0.1) is 12.2 Å². The van der Waals surface area contributed by atoms with Crippen molar-refractivity contribution < 1.29 is 4.74 Å². The molecule has 1 heteroatoms. The van der Waals surface area contributed by atoms with E-state index in [1.807, 2.05) is 0 Å². The van der Waals surface area contributed by atoms with Crippen molar-refractivity contribution in [1.82, 2.24) is 0 Å². The average Bonchev–Trinajstić information content (AvgIpc) is 3.23. The maximum Gasteiger partial charge on any atom is 0.0579 e. The Balaban J connectivity index is 1.24. The topological polar surface area (TPSA) is 9.23 Å². The number of hydrogen-bond donors (Lipinski definition) is 0. The molecule has 0 saturated heterocycles. The van der Waals surface area contributed by atoms with E-state index in [0.29, 0.717) is 12.2 Å². The highest BCUT2D eigenvalue weighted by Crippen LogP contribution is 2.35. The number of rotatable bonds is 44. The van der Waals surface area contributed by atoms with Gasteiger partial charge >= 0.3 is 0 Å². The van der Waals surface area contributed by atoms with Gasteiger partial charge in [-0.15, -0.1) is 0 Å². The molecule has 2 saturated carbocycles. The van der Waals surface area contributed by atoms with Crippen molar-refractivity contribution in [2.24, 2.45) is 11.8 Å². The molecule has 0 amide bonds. The van der Waals surface area contributed by atoms with Gasteiger partial charge in [0.2, 0.25) is 0 Å². The molecule has 2 fully saturated rings. The fourth-order valence-electron chi connectivity index (χ4n) is 10.8. The molecule has 0 radical (unpaired) electrons. The van der Waals surface area contributed by atoms with Crippen molar-refractivity contribution in [1.29, 1.82) is 0 Å². The lowest BCUT2D eigenvalue weighted by Crippen LogP contribution is -2.29. The third kappa shape index (κ3) is 35.3. The molecule has 0 aromatic heterocycles. The Labute approximate surface area is 362 Å². The molecule has 0 aromatic carbocycles. The maximum absolute atomic E-state index is 6.72. The first-order valence-corrected chi connectivity index (χ1v) is 28.0. The van der Waals surface area contributed by atoms with Crippen molar-refractivity contribution in [3.63, 3.8) is 0 Å². The van der Waals surface area contributed by atoms with Gasteiger partial charge in [-0.05, 0) is 63.2 Å². The van der Waals surface area contributed by atoms with Gasteiger partial charge in [0.1, 0.15) is 0 Å². The second-order valence-corrected chi connectivity index (χ2v) is 20.4. The molecule has 0 heterocycles. The summed E-state index contributed by atoms with van der Waals surface area (Å²) in [5.74, 6) is 2.00. The highest BCUT2D eigenvalue weighted by Gasteiger charge is 2.27. The summed E-state index contributed by atoms with van der Waals surface area (Å²) < 4.78 is 6.72. The van der Waals surface area contributed by atoms with Crippen molar-refractivity contribution in [2.45, 2.75) is 347 Å². The van der Waals surface area contributed by atoms with Gasteiger partial charge < -0.3 is 4.74 Å². The SMILES string of the molecule is CCCCCCCCCCCCCCCCCCCCCCC1CCC(OC2CCC(CCCCCCCCCCCCCCCCCCCCCC)CC2)CC1. The van der Waals surface area contributed by atoms with Crippen molar-refractivity contribution in [2.75, 3.05) is 0 Å². The highest BCUT2D eigenvalue weighted by atomic mass is 16.5. The van der Waals surface area contributed by atoms with E-state index in [0.717, 1.165) is 11.8 Å². The summed E-state index contributed by atoms with van der Waals surface area (Å²) in [6.07, 6.45) is 74.5. The third-order valence-electron chi connectivity index (χ3n) is 14.9. The zero-order valence-electron chi connectivity index (χ0n) is 40.1. The van der Waals surface area contributed by atoms with Gasteiger partial charge in [-0.1, -0.05) is 284 Å². The molecule has 0 bridgehead atoms. The van der Waals surface area contributed by atoms with Gasteiger partial charge in [-0.25, -0.2) is 0 Å². The van der Waals surface area contributed by atoms with Gasteiger partial charge in [0.25, 0.3) is 0 Å². The Bertz CT molecular complexity index is 682. The van der Waals surface area contributed by atoms with Crippen molar-refractivity contribution in [3.05, 3.63) is 0 Å². The van der Waals surface area contributed by atoms with Crippen LogP contribution in [0, 0.1) is 11.8 Å². The molecular weight excluding hydrogens is 689 g/mol. The molecule has 0 unspecified atom stereocenters. The molecule has 0 spiro atoms. The average molecular weight is 799 g/mol. The van der Waals surface area contributed by atoms with Crippen LogP contribution in [0.15, 0.2) is 0 Å². The molecule has 0 atom stereocenters. The van der Waals surface area contributed by atoms with E-state index in [9.17, 15) is 0 Å². The van der Waals surface area contributed by atoms with Gasteiger partial charge in [0, 0.05) is 0 Å². The molecule has 57 heavy (non-hydrogen) atoms. The van der Waals surface area contributed by atoms with E-state index < -0.39 is 0 Å². The van der Waals surface area contributed by atoms with Gasteiger partial charge in [-0.3, -0.25) is 0 Å². The summed E-state index contributed by atoms with van der Waals surface area (Å²) >= 11 is 0. The summed E-state index contributed by atoms with van der Waals surface area (Å²) in [6.45, 7) is 4.63. The summed E-state index contributed by atoms with van der Waals surface area (Å²) in [7, 11) is 0. The molecule has 0 aliphatic heterocycles. The summed E-state index contributed by atoms with van der Waals surface area (Å²) in [6, 6.07) is 0. The largest absolute Gasteiger partial charge is 0.375 e. The Morgan fingerprint density at radius 2 is 0.404 bits per heavy atom. The molecule has 0 N–H and O–H groups in total. The second kappa shape index (κ2) is 42.6. The van der Waals surface area contributed by atoms with Crippen LogP contribution in [-0.4, -0.2) is 12.2 Å². The van der Waals surface area contributed by atoms with Crippen LogP contribution in [0.5, 0.6) is 0 Å². The van der Waals surface area contributed by atoms with Crippen molar-refractivity contribution >= 4 is 0 Å². The minimum absolute atomic E-state index is 0.585. The van der Waals surface area contributed by atoms with Gasteiger partial charge in [0.15, 0.2) is 0 Å². The zero-order valence-corrected chi connectivity index (χ0v) is 40.1. The first-order chi connectivity index (χ1) is 28.3. The van der Waals surface area contributed by atoms with Crippen LogP contribution in [0.2, 0.25) is 0 Å². The second-order valence-electron chi connectivity index (χ2n) is 20.4. The summed E-state index contributed by atoms with van der Waals surface area (Å²) in [5, 5.41) is 0. The van der Waals surface area contributed by atoms with Crippen LogP contribution in [0.4, 0.5) is 0 Å². The molecule has 1 nitrogen and oxygen atoms in total. The fraction of sp³-hybridized carbons (Fsp3) is 1.00. The Morgan fingerprint density at radius 3 is 0.596 bits per heavy atom. The first-order valence-electron chi connectivity index (χ1n) is 28.0. The molecule has 340 valence electrons. The Hall–Kier alpha value is -0.0400. The lowest BCUT2D eigenvalue weighted by molar-refractivity contribution is -0.0572. The summed E-state index contributed by atoms with van der Waals surface area (Å²) in [4.78, 5) is 0. The van der Waals surface area contributed by atoms with Crippen LogP contribution < -0.4 is 0 Å². The standard InChI is InChI=1S/C56H110O/c1-3-5-7-9-11-13-15-17-19-21-23-25-27-29-31-33-35-37-39-41-43-53-45-49-55(50-46-53)57-56-51-47-54(48-52-56)44-42-40-38-36-34-32-30-28-26-24-22-20-18-16-14-12-10-8-6-4-2/h53-56H,3-52H2,1-2H3. The first kappa shape index (κ1) is 53.1. The minimum Gasteiger partial charge on any atom is -0.375 e. The Kier molecular flexibility index (Phi) is 39.7. The zero-order chi connectivity index (χ0) is 40.4. The van der Waals surface area contributed by atoms with Crippen LogP contribution in [-0.2, 0) is 4.74 Å². The van der Waals surface area contributed by atoms with Gasteiger partial charge in [-0.2, -0.15) is 0 Å². The van der Waals surface area contributed by atoms with E-state index in [1.165, 1.54) is 321 Å². The molecule has 2 rings (SSSR count). The van der Waals surface area contributed by atoms with E-state index >= 15 is 0 Å². The minimum atomic E-state index is 0.585. The van der Waals surface area contributed by atoms with E-state index in [1.54, 1.807) is 0 Å². The lowest BCUT2D eigenvalue weighted by Gasteiger charge is -2.34. The smallest absolute Gasteiger partial charge is 0.0579 e. The van der Waals surface area contributed by atoms with Crippen LogP contribution in [0.1, 0.15) is 335 Å². The summed E-state index contributed by atoms with van der Waals surface area (Å²) in [5.41, 5.74) is 0. The molecule has 2 aliphatic carbocycles. The monoisotopic (exact) mass is 799 g/mol. The fourth-order valence-corrected chi connectivity index (χ4v) is 10.8. The Morgan fingerprint density at radius 1 is 0.228 bits per heavy atom. The predicted octanol–water partition coefficient (Wildman–Crippen LogP) is 20.5. The number of ether oxygens (including phenoxy) is 1. The number of hydrogen-bond acceptors (Lipinski definition) is 1.